The van der Waals surface area contributed by atoms with E-state index in [9.17, 15) is 0 Å². The lowest BCUT2D eigenvalue weighted by Gasteiger charge is -2.20. The van der Waals surface area contributed by atoms with Crippen molar-refractivity contribution in [3.63, 3.8) is 0 Å². The highest BCUT2D eigenvalue weighted by molar-refractivity contribution is 7.18. The molecule has 2 rings (SSSR count). The van der Waals surface area contributed by atoms with Crippen LogP contribution in [0.15, 0.2) is 6.07 Å². The van der Waals surface area contributed by atoms with Crippen molar-refractivity contribution in [3.8, 4) is 6.07 Å². The van der Waals surface area contributed by atoms with Crippen LogP contribution in [0.5, 0.6) is 0 Å². The highest BCUT2D eigenvalue weighted by atomic mass is 32.1. The minimum Gasteiger partial charge on any atom is -0.358 e. The molecule has 0 saturated heterocycles. The van der Waals surface area contributed by atoms with Gasteiger partial charge in [-0.2, -0.15) is 10.2 Å². The average Bonchev–Trinajstić information content (AvgIpc) is 2.78. The molecule has 0 radical (unpaired) electrons. The predicted octanol–water partition coefficient (Wildman–Crippen LogP) is 3.03. The Morgan fingerprint density at radius 3 is 2.90 bits per heavy atom. The molecule has 5 nitrogen and oxygen atoms in total. The number of hydrogen-bond acceptors (Lipinski definition) is 6. The van der Waals surface area contributed by atoms with Gasteiger partial charge in [-0.25, -0.2) is 4.98 Å². The number of rotatable bonds is 5. The Kier molecular flexibility index (Phi) is 4.40. The molecule has 0 bridgehead atoms. The Balaban J connectivity index is 2.46. The molecule has 0 fully saturated rings. The van der Waals surface area contributed by atoms with Gasteiger partial charge in [0, 0.05) is 25.0 Å². The second-order valence-electron chi connectivity index (χ2n) is 4.89. The summed E-state index contributed by atoms with van der Waals surface area (Å²) in [5.74, 6) is 1.50. The smallest absolute Gasteiger partial charge is 0.226 e. The zero-order chi connectivity index (χ0) is 14.7. The van der Waals surface area contributed by atoms with Crippen LogP contribution in [0, 0.1) is 24.2 Å². The molecule has 0 aliphatic rings. The fourth-order valence-corrected chi connectivity index (χ4v) is 2.97. The van der Waals surface area contributed by atoms with Crippen LogP contribution in [-0.2, 0) is 0 Å². The molecular weight excluding hydrogens is 270 g/mol. The van der Waals surface area contributed by atoms with Gasteiger partial charge in [0.25, 0.3) is 0 Å². The standard InChI is InChI=1S/C14H19N5S/c1-5-16-14-17-12(19(4)8-9(2)7-15)11-6-10(3)20-13(11)18-14/h6,9H,5,8H2,1-4H3,(H,16,17,18). The monoisotopic (exact) mass is 289 g/mol. The van der Waals surface area contributed by atoms with Gasteiger partial charge in [-0.05, 0) is 26.8 Å². The van der Waals surface area contributed by atoms with Gasteiger partial charge in [0.15, 0.2) is 0 Å². The van der Waals surface area contributed by atoms with Crippen LogP contribution in [0.25, 0.3) is 10.2 Å². The Morgan fingerprint density at radius 2 is 2.25 bits per heavy atom. The fourth-order valence-electron chi connectivity index (χ4n) is 2.09. The summed E-state index contributed by atoms with van der Waals surface area (Å²) >= 11 is 1.67. The molecule has 1 N–H and O–H groups in total. The summed E-state index contributed by atoms with van der Waals surface area (Å²) in [5.41, 5.74) is 0. The van der Waals surface area contributed by atoms with Gasteiger partial charge < -0.3 is 10.2 Å². The van der Waals surface area contributed by atoms with Crippen LogP contribution in [0.1, 0.15) is 18.7 Å². The van der Waals surface area contributed by atoms with Gasteiger partial charge in [0.05, 0.1) is 17.4 Å². The van der Waals surface area contributed by atoms with Crippen molar-refractivity contribution in [3.05, 3.63) is 10.9 Å². The molecule has 1 unspecified atom stereocenters. The Hall–Kier alpha value is -1.87. The SMILES string of the molecule is CCNc1nc(N(C)CC(C)C#N)c2cc(C)sc2n1. The van der Waals surface area contributed by atoms with Crippen LogP contribution >= 0.6 is 11.3 Å². The van der Waals surface area contributed by atoms with E-state index in [-0.39, 0.29) is 5.92 Å². The molecular formula is C14H19N5S. The molecule has 0 aromatic carbocycles. The Morgan fingerprint density at radius 1 is 1.50 bits per heavy atom. The molecule has 0 saturated carbocycles. The zero-order valence-corrected chi connectivity index (χ0v) is 13.1. The predicted molar refractivity (Wildman–Crippen MR) is 84.4 cm³/mol. The molecule has 20 heavy (non-hydrogen) atoms. The van der Waals surface area contributed by atoms with Crippen LogP contribution in [0.3, 0.4) is 0 Å². The summed E-state index contributed by atoms with van der Waals surface area (Å²) in [6.45, 7) is 7.45. The minimum absolute atomic E-state index is 0.0349. The first-order valence-corrected chi connectivity index (χ1v) is 7.49. The molecule has 2 aromatic heterocycles. The van der Waals surface area contributed by atoms with E-state index in [0.29, 0.717) is 12.5 Å². The van der Waals surface area contributed by atoms with Crippen molar-refractivity contribution >= 4 is 33.3 Å². The highest BCUT2D eigenvalue weighted by Gasteiger charge is 2.15. The number of nitrogens with one attached hydrogen (secondary N) is 1. The third-order valence-corrected chi connectivity index (χ3v) is 3.90. The summed E-state index contributed by atoms with van der Waals surface area (Å²) in [7, 11) is 1.97. The van der Waals surface area contributed by atoms with E-state index in [1.807, 2.05) is 25.8 Å². The number of nitriles is 1. The van der Waals surface area contributed by atoms with Crippen molar-refractivity contribution in [1.29, 1.82) is 5.26 Å². The molecule has 0 aliphatic heterocycles. The molecule has 6 heteroatoms. The quantitative estimate of drug-likeness (QED) is 0.916. The van der Waals surface area contributed by atoms with Crippen molar-refractivity contribution < 1.29 is 0 Å². The molecule has 0 amide bonds. The first kappa shape index (κ1) is 14.5. The highest BCUT2D eigenvalue weighted by Crippen LogP contribution is 2.31. The largest absolute Gasteiger partial charge is 0.358 e. The van der Waals surface area contributed by atoms with E-state index in [4.69, 9.17) is 5.26 Å². The average molecular weight is 289 g/mol. The maximum absolute atomic E-state index is 8.97. The Bertz CT molecular complexity index is 643. The lowest BCUT2D eigenvalue weighted by molar-refractivity contribution is 0.712. The molecule has 0 spiro atoms. The number of aryl methyl sites for hydroxylation is 1. The number of thiophene rings is 1. The maximum Gasteiger partial charge on any atom is 0.226 e. The van der Waals surface area contributed by atoms with Crippen molar-refractivity contribution in [2.75, 3.05) is 30.4 Å². The second-order valence-corrected chi connectivity index (χ2v) is 6.12. The lowest BCUT2D eigenvalue weighted by atomic mass is 10.2. The number of fused-ring (bicyclic) bond motifs is 1. The van der Waals surface area contributed by atoms with Crippen LogP contribution < -0.4 is 10.2 Å². The van der Waals surface area contributed by atoms with Gasteiger partial charge >= 0.3 is 0 Å². The molecule has 2 heterocycles. The Labute approximate surface area is 123 Å². The summed E-state index contributed by atoms with van der Waals surface area (Å²) in [6, 6.07) is 4.37. The fraction of sp³-hybridized carbons (Fsp3) is 0.500. The number of anilines is 2. The van der Waals surface area contributed by atoms with E-state index in [1.165, 1.54) is 4.88 Å². The van der Waals surface area contributed by atoms with Crippen molar-refractivity contribution in [2.45, 2.75) is 20.8 Å². The van der Waals surface area contributed by atoms with Gasteiger partial charge in [-0.3, -0.25) is 0 Å². The maximum atomic E-state index is 8.97. The zero-order valence-electron chi connectivity index (χ0n) is 12.3. The van der Waals surface area contributed by atoms with E-state index in [2.05, 4.69) is 34.3 Å². The van der Waals surface area contributed by atoms with Gasteiger partial charge in [0.2, 0.25) is 5.95 Å². The number of nitrogens with zero attached hydrogens (tertiary/aromatic N) is 4. The van der Waals surface area contributed by atoms with Crippen LogP contribution in [-0.4, -0.2) is 30.1 Å². The van der Waals surface area contributed by atoms with Crippen LogP contribution in [0.2, 0.25) is 0 Å². The number of aromatic nitrogens is 2. The van der Waals surface area contributed by atoms with E-state index in [1.54, 1.807) is 11.3 Å². The summed E-state index contributed by atoms with van der Waals surface area (Å²) in [6.07, 6.45) is 0. The lowest BCUT2D eigenvalue weighted by Crippen LogP contribution is -2.24. The van der Waals surface area contributed by atoms with E-state index in [0.717, 1.165) is 22.6 Å². The van der Waals surface area contributed by atoms with Gasteiger partial charge in [0.1, 0.15) is 10.6 Å². The second kappa shape index (κ2) is 6.06. The normalized spacial score (nSPS) is 12.2. The molecule has 0 aliphatic carbocycles. The summed E-state index contributed by atoms with van der Waals surface area (Å²) in [4.78, 5) is 13.4. The molecule has 1 atom stereocenters. The summed E-state index contributed by atoms with van der Waals surface area (Å²) in [5, 5.41) is 13.2. The molecule has 106 valence electrons. The first-order chi connectivity index (χ1) is 9.55. The minimum atomic E-state index is -0.0349. The first-order valence-electron chi connectivity index (χ1n) is 6.68. The third-order valence-electron chi connectivity index (χ3n) is 2.96. The van der Waals surface area contributed by atoms with Crippen LogP contribution in [0.4, 0.5) is 11.8 Å². The van der Waals surface area contributed by atoms with Gasteiger partial charge in [-0.15, -0.1) is 11.3 Å². The van der Waals surface area contributed by atoms with E-state index < -0.39 is 0 Å². The van der Waals surface area contributed by atoms with E-state index >= 15 is 0 Å². The third kappa shape index (κ3) is 2.99. The van der Waals surface area contributed by atoms with Crippen molar-refractivity contribution in [2.24, 2.45) is 5.92 Å². The molecule has 2 aromatic rings. The van der Waals surface area contributed by atoms with Crippen molar-refractivity contribution in [1.82, 2.24) is 9.97 Å². The topological polar surface area (TPSA) is 64.8 Å². The summed E-state index contributed by atoms with van der Waals surface area (Å²) < 4.78 is 0. The van der Waals surface area contributed by atoms with Gasteiger partial charge in [-0.1, -0.05) is 0 Å². The number of hydrogen-bond donors (Lipinski definition) is 1.